The zero-order valence-corrected chi connectivity index (χ0v) is 25.7. The van der Waals surface area contributed by atoms with Crippen LogP contribution in [0, 0.1) is 5.92 Å². The first-order chi connectivity index (χ1) is 20.0. The molecule has 0 bridgehead atoms. The molecule has 0 aliphatic carbocycles. The highest BCUT2D eigenvalue weighted by molar-refractivity contribution is 7.13. The number of carboxylic acid groups (broad SMARTS) is 1. The van der Waals surface area contributed by atoms with Crippen molar-refractivity contribution in [2.45, 2.75) is 53.0 Å². The third kappa shape index (κ3) is 6.64. The van der Waals surface area contributed by atoms with Crippen LogP contribution in [0.3, 0.4) is 0 Å². The number of thiazole rings is 1. The SMILES string of the molecule is CCc1cccc(CC)c1-n1c(CC(C)C)c(C(=O)NC[C@H](N)C(=O)O)cc(-c2nc(-c3ccc(Cl)cc3)cs2)c1=O. The highest BCUT2D eigenvalue weighted by Crippen LogP contribution is 2.31. The molecule has 0 unspecified atom stereocenters. The van der Waals surface area contributed by atoms with Crippen LogP contribution in [0.25, 0.3) is 27.5 Å². The van der Waals surface area contributed by atoms with E-state index in [9.17, 15) is 19.5 Å². The molecule has 4 rings (SSSR count). The summed E-state index contributed by atoms with van der Waals surface area (Å²) < 4.78 is 1.68. The minimum absolute atomic E-state index is 0.115. The summed E-state index contributed by atoms with van der Waals surface area (Å²) in [7, 11) is 0. The van der Waals surface area contributed by atoms with E-state index in [0.717, 1.165) is 22.4 Å². The number of aryl methyl sites for hydroxylation is 2. The van der Waals surface area contributed by atoms with E-state index in [1.165, 1.54) is 11.3 Å². The molecule has 0 aliphatic rings. The molecule has 8 nitrogen and oxygen atoms in total. The lowest BCUT2D eigenvalue weighted by Crippen LogP contribution is -2.43. The summed E-state index contributed by atoms with van der Waals surface area (Å²) in [6.07, 6.45) is 1.82. The molecule has 2 aromatic carbocycles. The Balaban J connectivity index is 2.01. The Bertz CT molecular complexity index is 1640. The molecule has 4 N–H and O–H groups in total. The first kappa shape index (κ1) is 31.2. The minimum atomic E-state index is -1.26. The van der Waals surface area contributed by atoms with Crippen molar-refractivity contribution in [1.82, 2.24) is 14.9 Å². The number of para-hydroxylation sites is 1. The van der Waals surface area contributed by atoms with Gasteiger partial charge < -0.3 is 16.2 Å². The van der Waals surface area contributed by atoms with E-state index in [4.69, 9.17) is 22.3 Å². The molecule has 4 aromatic rings. The van der Waals surface area contributed by atoms with E-state index in [0.29, 0.717) is 40.7 Å². The van der Waals surface area contributed by atoms with Gasteiger partial charge in [-0.15, -0.1) is 11.3 Å². The number of hydrogen-bond donors (Lipinski definition) is 3. The van der Waals surface area contributed by atoms with E-state index in [2.05, 4.69) is 5.32 Å². The molecule has 0 saturated carbocycles. The van der Waals surface area contributed by atoms with E-state index < -0.39 is 17.9 Å². The number of aliphatic carboxylic acids is 1. The van der Waals surface area contributed by atoms with Gasteiger partial charge in [0, 0.05) is 28.2 Å². The number of aromatic nitrogens is 2. The molecule has 0 radical (unpaired) electrons. The summed E-state index contributed by atoms with van der Waals surface area (Å²) in [6, 6.07) is 13.6. The van der Waals surface area contributed by atoms with Crippen molar-refractivity contribution in [2.24, 2.45) is 11.7 Å². The number of carbonyl (C=O) groups is 2. The Morgan fingerprint density at radius 3 is 2.31 bits per heavy atom. The Morgan fingerprint density at radius 2 is 1.74 bits per heavy atom. The average molecular weight is 607 g/mol. The summed E-state index contributed by atoms with van der Waals surface area (Å²) in [5, 5.41) is 14.9. The van der Waals surface area contributed by atoms with Crippen LogP contribution < -0.4 is 16.6 Å². The molecule has 42 heavy (non-hydrogen) atoms. The van der Waals surface area contributed by atoms with Crippen LogP contribution in [-0.2, 0) is 24.1 Å². The number of benzene rings is 2. The topological polar surface area (TPSA) is 127 Å². The van der Waals surface area contributed by atoms with E-state index >= 15 is 0 Å². The lowest BCUT2D eigenvalue weighted by atomic mass is 9.97. The van der Waals surface area contributed by atoms with Crippen molar-refractivity contribution in [3.05, 3.63) is 91.7 Å². The van der Waals surface area contributed by atoms with Gasteiger partial charge in [-0.3, -0.25) is 19.0 Å². The lowest BCUT2D eigenvalue weighted by Gasteiger charge is -2.24. The van der Waals surface area contributed by atoms with Crippen molar-refractivity contribution in [2.75, 3.05) is 6.54 Å². The number of halogens is 1. The molecule has 0 fully saturated rings. The van der Waals surface area contributed by atoms with E-state index in [-0.39, 0.29) is 29.1 Å². The average Bonchev–Trinajstić information content (AvgIpc) is 3.45. The maximum atomic E-state index is 14.5. The van der Waals surface area contributed by atoms with Crippen molar-refractivity contribution >= 4 is 34.8 Å². The Labute approximate surface area is 254 Å². The molecule has 10 heteroatoms. The van der Waals surface area contributed by atoms with Crippen LogP contribution in [0.4, 0.5) is 0 Å². The Hall–Kier alpha value is -3.79. The maximum Gasteiger partial charge on any atom is 0.322 e. The van der Waals surface area contributed by atoms with Crippen molar-refractivity contribution in [1.29, 1.82) is 0 Å². The second kappa shape index (κ2) is 13.5. The summed E-state index contributed by atoms with van der Waals surface area (Å²) in [6.45, 7) is 7.87. The number of amides is 1. The molecular formula is C32H35ClN4O4S. The summed E-state index contributed by atoms with van der Waals surface area (Å²) in [4.78, 5) is 44.3. The fourth-order valence-electron chi connectivity index (χ4n) is 4.87. The van der Waals surface area contributed by atoms with Crippen LogP contribution in [0.2, 0.25) is 5.02 Å². The second-order valence-electron chi connectivity index (χ2n) is 10.5. The smallest absolute Gasteiger partial charge is 0.322 e. The number of rotatable bonds is 11. The quantitative estimate of drug-likeness (QED) is 0.200. The fourth-order valence-corrected chi connectivity index (χ4v) is 5.83. The van der Waals surface area contributed by atoms with Crippen LogP contribution in [0.5, 0.6) is 0 Å². The summed E-state index contributed by atoms with van der Waals surface area (Å²) >= 11 is 7.38. The van der Waals surface area contributed by atoms with E-state index in [1.807, 2.05) is 63.4 Å². The van der Waals surface area contributed by atoms with Gasteiger partial charge in [-0.1, -0.05) is 69.6 Å². The Kier molecular flexibility index (Phi) is 9.98. The molecule has 220 valence electrons. The van der Waals surface area contributed by atoms with Gasteiger partial charge in [-0.2, -0.15) is 0 Å². The fraction of sp³-hybridized carbons (Fsp3) is 0.312. The maximum absolute atomic E-state index is 14.5. The van der Waals surface area contributed by atoms with Crippen molar-refractivity contribution in [3.8, 4) is 27.5 Å². The molecule has 0 spiro atoms. The molecule has 2 aromatic heterocycles. The highest BCUT2D eigenvalue weighted by Gasteiger charge is 2.26. The van der Waals surface area contributed by atoms with Gasteiger partial charge >= 0.3 is 5.97 Å². The van der Waals surface area contributed by atoms with Gasteiger partial charge in [-0.25, -0.2) is 4.98 Å². The third-order valence-electron chi connectivity index (χ3n) is 7.01. The molecular weight excluding hydrogens is 572 g/mol. The number of hydrogen-bond acceptors (Lipinski definition) is 6. The molecule has 0 saturated heterocycles. The zero-order valence-electron chi connectivity index (χ0n) is 24.1. The molecule has 1 amide bonds. The number of nitrogens with one attached hydrogen (secondary N) is 1. The van der Waals surface area contributed by atoms with Gasteiger partial charge in [0.05, 0.1) is 22.5 Å². The van der Waals surface area contributed by atoms with Crippen LogP contribution in [0.1, 0.15) is 54.9 Å². The number of nitrogens with zero attached hydrogens (tertiary/aromatic N) is 2. The monoisotopic (exact) mass is 606 g/mol. The molecule has 0 aliphatic heterocycles. The predicted molar refractivity (Wildman–Crippen MR) is 169 cm³/mol. The molecule has 2 heterocycles. The van der Waals surface area contributed by atoms with Crippen LogP contribution in [-0.4, -0.2) is 39.1 Å². The summed E-state index contributed by atoms with van der Waals surface area (Å²) in [5.74, 6) is -1.60. The zero-order chi connectivity index (χ0) is 30.6. The van der Waals surface area contributed by atoms with Gasteiger partial charge in [0.25, 0.3) is 11.5 Å². The van der Waals surface area contributed by atoms with Crippen molar-refractivity contribution < 1.29 is 14.7 Å². The standard InChI is InChI=1S/C32H35ClN4O4S/c1-5-19-8-7-9-20(6-2)28(19)37-27(14-18(3)4)23(29(38)35-16-25(34)32(40)41)15-24(31(37)39)30-36-26(17-42-30)21-10-12-22(33)13-11-21/h7-13,15,17-18,25H,5-6,14,16,34H2,1-4H3,(H,35,38)(H,40,41)/t25-/m0/s1. The molecule has 1 atom stereocenters. The lowest BCUT2D eigenvalue weighted by molar-refractivity contribution is -0.138. The van der Waals surface area contributed by atoms with Crippen LogP contribution >= 0.6 is 22.9 Å². The normalized spacial score (nSPS) is 12.0. The third-order valence-corrected chi connectivity index (χ3v) is 8.14. The number of carboxylic acids is 1. The van der Waals surface area contributed by atoms with Gasteiger partial charge in [0.2, 0.25) is 0 Å². The van der Waals surface area contributed by atoms with E-state index in [1.54, 1.807) is 22.8 Å². The van der Waals surface area contributed by atoms with Crippen LogP contribution in [0.15, 0.2) is 58.7 Å². The number of nitrogens with two attached hydrogens (primary N) is 1. The summed E-state index contributed by atoms with van der Waals surface area (Å²) in [5.41, 5.74) is 10.8. The second-order valence-corrected chi connectivity index (χ2v) is 11.8. The number of pyridine rings is 1. The predicted octanol–water partition coefficient (Wildman–Crippen LogP) is 5.75. The minimum Gasteiger partial charge on any atom is -0.480 e. The van der Waals surface area contributed by atoms with Gasteiger partial charge in [0.1, 0.15) is 11.0 Å². The Morgan fingerprint density at radius 1 is 1.10 bits per heavy atom. The highest BCUT2D eigenvalue weighted by atomic mass is 35.5. The largest absolute Gasteiger partial charge is 0.480 e. The first-order valence-electron chi connectivity index (χ1n) is 13.9. The number of carbonyl (C=O) groups excluding carboxylic acids is 1. The van der Waals surface area contributed by atoms with Gasteiger partial charge in [0.15, 0.2) is 0 Å². The first-order valence-corrected chi connectivity index (χ1v) is 15.2. The van der Waals surface area contributed by atoms with Gasteiger partial charge in [-0.05, 0) is 54.5 Å². The van der Waals surface area contributed by atoms with Crippen molar-refractivity contribution in [3.63, 3.8) is 0 Å².